The highest BCUT2D eigenvalue weighted by Crippen LogP contribution is 2.41. The molecular formula is C12H17NO2. The Kier molecular flexibility index (Phi) is 2.57. The molecule has 1 aliphatic rings. The summed E-state index contributed by atoms with van der Waals surface area (Å²) in [5.74, 6) is 1.51. The van der Waals surface area contributed by atoms with Gasteiger partial charge in [-0.15, -0.1) is 0 Å². The van der Waals surface area contributed by atoms with E-state index >= 15 is 0 Å². The van der Waals surface area contributed by atoms with E-state index in [1.807, 2.05) is 18.2 Å². The molecule has 1 aromatic rings. The zero-order chi connectivity index (χ0) is 10.9. The van der Waals surface area contributed by atoms with Gasteiger partial charge in [0.1, 0.15) is 0 Å². The summed E-state index contributed by atoms with van der Waals surface area (Å²) < 4.78 is 10.4. The van der Waals surface area contributed by atoms with Crippen molar-refractivity contribution in [3.05, 3.63) is 23.8 Å². The number of rotatable bonds is 3. The number of hydrogen-bond donors (Lipinski definition) is 1. The molecular weight excluding hydrogens is 190 g/mol. The Morgan fingerprint density at radius 1 is 1.13 bits per heavy atom. The van der Waals surface area contributed by atoms with Crippen LogP contribution in [0.4, 0.5) is 0 Å². The van der Waals surface area contributed by atoms with Crippen LogP contribution in [0, 0.1) is 0 Å². The highest BCUT2D eigenvalue weighted by atomic mass is 16.5. The van der Waals surface area contributed by atoms with E-state index in [2.05, 4.69) is 0 Å². The van der Waals surface area contributed by atoms with Crippen LogP contribution in [-0.4, -0.2) is 14.2 Å². The lowest BCUT2D eigenvalue weighted by molar-refractivity contribution is 0.252. The minimum Gasteiger partial charge on any atom is -0.493 e. The van der Waals surface area contributed by atoms with Gasteiger partial charge in [-0.3, -0.25) is 0 Å². The first kappa shape index (κ1) is 10.3. The summed E-state index contributed by atoms with van der Waals surface area (Å²) in [6.07, 6.45) is 3.33. The van der Waals surface area contributed by atoms with Crippen LogP contribution < -0.4 is 15.2 Å². The predicted octanol–water partition coefficient (Wildman–Crippen LogP) is 2.04. The fourth-order valence-electron chi connectivity index (χ4n) is 1.99. The van der Waals surface area contributed by atoms with Gasteiger partial charge in [0.15, 0.2) is 11.5 Å². The van der Waals surface area contributed by atoms with Crippen LogP contribution in [0.3, 0.4) is 0 Å². The first-order valence-corrected chi connectivity index (χ1v) is 5.21. The van der Waals surface area contributed by atoms with Crippen LogP contribution in [-0.2, 0) is 5.54 Å². The SMILES string of the molecule is COc1ccc(C2(N)CCC2)cc1OC. The van der Waals surface area contributed by atoms with Crippen LogP contribution >= 0.6 is 0 Å². The van der Waals surface area contributed by atoms with Crippen molar-refractivity contribution in [2.75, 3.05) is 14.2 Å². The molecule has 3 heteroatoms. The van der Waals surface area contributed by atoms with E-state index in [1.54, 1.807) is 14.2 Å². The van der Waals surface area contributed by atoms with E-state index < -0.39 is 0 Å². The normalized spacial score (nSPS) is 18.1. The predicted molar refractivity (Wildman–Crippen MR) is 59.3 cm³/mol. The lowest BCUT2D eigenvalue weighted by Crippen LogP contribution is -2.43. The third-order valence-corrected chi connectivity index (χ3v) is 3.20. The minimum absolute atomic E-state index is 0.139. The van der Waals surface area contributed by atoms with Gasteiger partial charge >= 0.3 is 0 Å². The maximum atomic E-state index is 6.24. The summed E-state index contributed by atoms with van der Waals surface area (Å²) in [7, 11) is 3.28. The van der Waals surface area contributed by atoms with Crippen molar-refractivity contribution in [1.29, 1.82) is 0 Å². The van der Waals surface area contributed by atoms with Gasteiger partial charge in [-0.25, -0.2) is 0 Å². The first-order valence-electron chi connectivity index (χ1n) is 5.21. The number of methoxy groups -OCH3 is 2. The van der Waals surface area contributed by atoms with Gasteiger partial charge in [0.25, 0.3) is 0 Å². The second kappa shape index (κ2) is 3.74. The van der Waals surface area contributed by atoms with Crippen LogP contribution in [0.1, 0.15) is 24.8 Å². The summed E-state index contributed by atoms with van der Waals surface area (Å²) in [6.45, 7) is 0. The lowest BCUT2D eigenvalue weighted by Gasteiger charge is -2.38. The summed E-state index contributed by atoms with van der Waals surface area (Å²) in [6, 6.07) is 5.93. The van der Waals surface area contributed by atoms with Crippen molar-refractivity contribution < 1.29 is 9.47 Å². The Bertz CT molecular complexity index is 359. The molecule has 1 aromatic carbocycles. The van der Waals surface area contributed by atoms with E-state index in [9.17, 15) is 0 Å². The molecule has 1 saturated carbocycles. The maximum Gasteiger partial charge on any atom is 0.161 e. The van der Waals surface area contributed by atoms with Crippen molar-refractivity contribution in [2.45, 2.75) is 24.8 Å². The van der Waals surface area contributed by atoms with Crippen LogP contribution in [0.25, 0.3) is 0 Å². The van der Waals surface area contributed by atoms with E-state index in [0.717, 1.165) is 29.9 Å². The van der Waals surface area contributed by atoms with Gasteiger partial charge in [-0.1, -0.05) is 6.07 Å². The Morgan fingerprint density at radius 2 is 1.80 bits per heavy atom. The molecule has 0 aliphatic heterocycles. The summed E-state index contributed by atoms with van der Waals surface area (Å²) in [5.41, 5.74) is 7.25. The molecule has 0 heterocycles. The molecule has 15 heavy (non-hydrogen) atoms. The van der Waals surface area contributed by atoms with Gasteiger partial charge < -0.3 is 15.2 Å². The number of nitrogens with two attached hydrogens (primary N) is 1. The molecule has 1 aliphatic carbocycles. The minimum atomic E-state index is -0.139. The fourth-order valence-corrected chi connectivity index (χ4v) is 1.99. The van der Waals surface area contributed by atoms with Gasteiger partial charge in [0.05, 0.1) is 14.2 Å². The largest absolute Gasteiger partial charge is 0.493 e. The summed E-state index contributed by atoms with van der Waals surface area (Å²) >= 11 is 0. The highest BCUT2D eigenvalue weighted by Gasteiger charge is 2.34. The smallest absolute Gasteiger partial charge is 0.161 e. The first-order chi connectivity index (χ1) is 7.19. The Hall–Kier alpha value is -1.22. The highest BCUT2D eigenvalue weighted by molar-refractivity contribution is 5.45. The van der Waals surface area contributed by atoms with E-state index in [1.165, 1.54) is 6.42 Å². The van der Waals surface area contributed by atoms with Crippen LogP contribution in [0.2, 0.25) is 0 Å². The Labute approximate surface area is 90.2 Å². The molecule has 0 amide bonds. The van der Waals surface area contributed by atoms with Crippen molar-refractivity contribution in [1.82, 2.24) is 0 Å². The van der Waals surface area contributed by atoms with Gasteiger partial charge in [-0.05, 0) is 37.0 Å². The van der Waals surface area contributed by atoms with E-state index in [0.29, 0.717) is 0 Å². The van der Waals surface area contributed by atoms with Crippen LogP contribution in [0.15, 0.2) is 18.2 Å². The molecule has 0 bridgehead atoms. The monoisotopic (exact) mass is 207 g/mol. The van der Waals surface area contributed by atoms with Crippen molar-refractivity contribution in [3.8, 4) is 11.5 Å². The molecule has 82 valence electrons. The standard InChI is InChI=1S/C12H17NO2/c1-14-10-5-4-9(8-11(10)15-2)12(13)6-3-7-12/h4-5,8H,3,6-7,13H2,1-2H3. The molecule has 3 nitrogen and oxygen atoms in total. The molecule has 1 fully saturated rings. The summed E-state index contributed by atoms with van der Waals surface area (Å²) in [4.78, 5) is 0. The molecule has 0 unspecified atom stereocenters. The number of benzene rings is 1. The number of hydrogen-bond acceptors (Lipinski definition) is 3. The van der Waals surface area contributed by atoms with Crippen molar-refractivity contribution in [3.63, 3.8) is 0 Å². The molecule has 0 spiro atoms. The fraction of sp³-hybridized carbons (Fsp3) is 0.500. The molecule has 0 aromatic heterocycles. The van der Waals surface area contributed by atoms with Crippen molar-refractivity contribution >= 4 is 0 Å². The quantitative estimate of drug-likeness (QED) is 0.825. The molecule has 0 saturated heterocycles. The third-order valence-electron chi connectivity index (χ3n) is 3.20. The molecule has 2 N–H and O–H groups in total. The van der Waals surface area contributed by atoms with Gasteiger partial charge in [0.2, 0.25) is 0 Å². The third kappa shape index (κ3) is 1.67. The second-order valence-corrected chi connectivity index (χ2v) is 4.08. The molecule has 0 radical (unpaired) electrons. The molecule has 2 rings (SSSR count). The van der Waals surface area contributed by atoms with E-state index in [4.69, 9.17) is 15.2 Å². The number of ether oxygens (including phenoxy) is 2. The Balaban J connectivity index is 2.34. The lowest BCUT2D eigenvalue weighted by atomic mass is 9.73. The van der Waals surface area contributed by atoms with Crippen molar-refractivity contribution in [2.24, 2.45) is 5.73 Å². The maximum absolute atomic E-state index is 6.24. The van der Waals surface area contributed by atoms with Crippen LogP contribution in [0.5, 0.6) is 11.5 Å². The van der Waals surface area contributed by atoms with Gasteiger partial charge in [-0.2, -0.15) is 0 Å². The van der Waals surface area contributed by atoms with E-state index in [-0.39, 0.29) is 5.54 Å². The average Bonchev–Trinajstić information content (AvgIpc) is 2.25. The zero-order valence-corrected chi connectivity index (χ0v) is 9.25. The zero-order valence-electron chi connectivity index (χ0n) is 9.25. The Morgan fingerprint density at radius 3 is 2.27 bits per heavy atom. The average molecular weight is 207 g/mol. The topological polar surface area (TPSA) is 44.5 Å². The van der Waals surface area contributed by atoms with Gasteiger partial charge in [0, 0.05) is 5.54 Å². The second-order valence-electron chi connectivity index (χ2n) is 4.08. The molecule has 0 atom stereocenters. The summed E-state index contributed by atoms with van der Waals surface area (Å²) in [5, 5.41) is 0.